The van der Waals surface area contributed by atoms with Crippen LogP contribution in [0.25, 0.3) is 0 Å². The zero-order chi connectivity index (χ0) is 14.8. The molecule has 0 aromatic heterocycles. The molecule has 0 atom stereocenters. The van der Waals surface area contributed by atoms with Gasteiger partial charge in [0.2, 0.25) is 0 Å². The number of amides is 2. The summed E-state index contributed by atoms with van der Waals surface area (Å²) in [4.78, 5) is 24.3. The van der Waals surface area contributed by atoms with Crippen LogP contribution in [0, 0.1) is 5.92 Å². The van der Waals surface area contributed by atoms with Crippen LogP contribution in [0.5, 0.6) is 0 Å². The van der Waals surface area contributed by atoms with Crippen molar-refractivity contribution < 1.29 is 27.9 Å². The number of aliphatic carboxylic acids is 1. The second kappa shape index (κ2) is 5.66. The zero-order valence-electron chi connectivity index (χ0n) is 10.8. The highest BCUT2D eigenvalue weighted by atomic mass is 19.4. The molecule has 1 N–H and O–H groups in total. The van der Waals surface area contributed by atoms with Gasteiger partial charge in [0, 0.05) is 25.0 Å². The van der Waals surface area contributed by atoms with Crippen molar-refractivity contribution in [2.24, 2.45) is 5.92 Å². The molecule has 1 saturated heterocycles. The SMILES string of the molecule is CC(C)N(CC(F)(F)F)C(=O)N1CC(CC(=O)O)C1. The number of hydrogen-bond donors (Lipinski definition) is 1. The third kappa shape index (κ3) is 4.60. The van der Waals surface area contributed by atoms with E-state index in [1.807, 2.05) is 0 Å². The largest absolute Gasteiger partial charge is 0.481 e. The Labute approximate surface area is 109 Å². The van der Waals surface area contributed by atoms with Gasteiger partial charge in [-0.3, -0.25) is 4.79 Å². The van der Waals surface area contributed by atoms with Crippen molar-refractivity contribution in [3.63, 3.8) is 0 Å². The fraction of sp³-hybridized carbons (Fsp3) is 0.818. The van der Waals surface area contributed by atoms with Crippen molar-refractivity contribution in [1.29, 1.82) is 0 Å². The number of rotatable bonds is 4. The van der Waals surface area contributed by atoms with E-state index in [0.717, 1.165) is 4.90 Å². The molecular weight excluding hydrogens is 265 g/mol. The van der Waals surface area contributed by atoms with Crippen molar-refractivity contribution in [3.8, 4) is 0 Å². The normalized spacial score (nSPS) is 16.4. The number of carboxylic acids is 1. The van der Waals surface area contributed by atoms with Crippen molar-refractivity contribution >= 4 is 12.0 Å². The zero-order valence-corrected chi connectivity index (χ0v) is 10.8. The maximum absolute atomic E-state index is 12.4. The summed E-state index contributed by atoms with van der Waals surface area (Å²) in [5, 5.41) is 8.56. The third-order valence-corrected chi connectivity index (χ3v) is 2.91. The molecule has 0 spiro atoms. The van der Waals surface area contributed by atoms with Gasteiger partial charge < -0.3 is 14.9 Å². The molecule has 0 aliphatic carbocycles. The van der Waals surface area contributed by atoms with Gasteiger partial charge >= 0.3 is 18.2 Å². The molecule has 19 heavy (non-hydrogen) atoms. The Kier molecular flexibility index (Phi) is 4.65. The van der Waals surface area contributed by atoms with Gasteiger partial charge in [0.15, 0.2) is 0 Å². The lowest BCUT2D eigenvalue weighted by molar-refractivity contribution is -0.145. The quantitative estimate of drug-likeness (QED) is 0.855. The minimum Gasteiger partial charge on any atom is -0.481 e. The predicted octanol–water partition coefficient (Wildman–Crippen LogP) is 1.79. The molecule has 1 rings (SSSR count). The van der Waals surface area contributed by atoms with Crippen LogP contribution in [0.15, 0.2) is 0 Å². The minimum absolute atomic E-state index is 0.0648. The molecule has 5 nitrogen and oxygen atoms in total. The molecule has 1 fully saturated rings. The Morgan fingerprint density at radius 1 is 1.37 bits per heavy atom. The summed E-state index contributed by atoms with van der Waals surface area (Å²) < 4.78 is 37.1. The lowest BCUT2D eigenvalue weighted by atomic mass is 9.97. The van der Waals surface area contributed by atoms with E-state index in [4.69, 9.17) is 5.11 Å². The molecule has 2 amide bonds. The van der Waals surface area contributed by atoms with E-state index in [-0.39, 0.29) is 25.4 Å². The molecule has 1 heterocycles. The Morgan fingerprint density at radius 3 is 2.26 bits per heavy atom. The van der Waals surface area contributed by atoms with Crippen LogP contribution < -0.4 is 0 Å². The van der Waals surface area contributed by atoms with Crippen LogP contribution in [0.4, 0.5) is 18.0 Å². The standard InChI is InChI=1S/C11H17F3N2O3/c1-7(2)16(6-11(12,13)14)10(19)15-4-8(5-15)3-9(17)18/h7-8H,3-6H2,1-2H3,(H,17,18). The number of hydrogen-bond acceptors (Lipinski definition) is 2. The number of likely N-dealkylation sites (tertiary alicyclic amines) is 1. The first-order chi connectivity index (χ1) is 8.60. The first-order valence-corrected chi connectivity index (χ1v) is 5.94. The number of halogens is 3. The molecule has 0 unspecified atom stereocenters. The van der Waals surface area contributed by atoms with Gasteiger partial charge in [-0.05, 0) is 13.8 Å². The van der Waals surface area contributed by atoms with Gasteiger partial charge in [0.1, 0.15) is 6.54 Å². The molecule has 0 aromatic carbocycles. The Morgan fingerprint density at radius 2 is 1.89 bits per heavy atom. The van der Waals surface area contributed by atoms with Gasteiger partial charge in [0.05, 0.1) is 6.42 Å². The van der Waals surface area contributed by atoms with Crippen molar-refractivity contribution in [3.05, 3.63) is 0 Å². The first kappa shape index (κ1) is 15.6. The molecular formula is C11H17F3N2O3. The van der Waals surface area contributed by atoms with Crippen molar-refractivity contribution in [2.75, 3.05) is 19.6 Å². The highest BCUT2D eigenvalue weighted by Gasteiger charge is 2.39. The van der Waals surface area contributed by atoms with Crippen LogP contribution >= 0.6 is 0 Å². The van der Waals surface area contributed by atoms with E-state index < -0.39 is 30.8 Å². The predicted molar refractivity (Wildman–Crippen MR) is 60.6 cm³/mol. The van der Waals surface area contributed by atoms with E-state index >= 15 is 0 Å². The smallest absolute Gasteiger partial charge is 0.406 e. The highest BCUT2D eigenvalue weighted by molar-refractivity contribution is 5.76. The topological polar surface area (TPSA) is 60.9 Å². The molecule has 8 heteroatoms. The van der Waals surface area contributed by atoms with Crippen LogP contribution in [0.2, 0.25) is 0 Å². The molecule has 0 saturated carbocycles. The molecule has 110 valence electrons. The van der Waals surface area contributed by atoms with Gasteiger partial charge in [-0.2, -0.15) is 13.2 Å². The first-order valence-electron chi connectivity index (χ1n) is 5.94. The van der Waals surface area contributed by atoms with E-state index in [1.165, 1.54) is 18.7 Å². The monoisotopic (exact) mass is 282 g/mol. The number of carboxylic acid groups (broad SMARTS) is 1. The maximum Gasteiger partial charge on any atom is 0.406 e. The van der Waals surface area contributed by atoms with Crippen LogP contribution in [0.1, 0.15) is 20.3 Å². The minimum atomic E-state index is -4.44. The van der Waals surface area contributed by atoms with Gasteiger partial charge in [-0.25, -0.2) is 4.79 Å². The van der Waals surface area contributed by atoms with Crippen molar-refractivity contribution in [1.82, 2.24) is 9.80 Å². The molecule has 0 bridgehead atoms. The fourth-order valence-electron chi connectivity index (χ4n) is 1.95. The van der Waals surface area contributed by atoms with Crippen molar-refractivity contribution in [2.45, 2.75) is 32.5 Å². The summed E-state index contributed by atoms with van der Waals surface area (Å²) in [6, 6.07) is -1.25. The summed E-state index contributed by atoms with van der Waals surface area (Å²) in [5.74, 6) is -1.13. The summed E-state index contributed by atoms with van der Waals surface area (Å²) in [6.07, 6.45) is -4.50. The van der Waals surface area contributed by atoms with Gasteiger partial charge in [-0.15, -0.1) is 0 Å². The molecule has 1 aliphatic heterocycles. The number of carbonyl (C=O) groups excluding carboxylic acids is 1. The average Bonchev–Trinajstić information content (AvgIpc) is 2.16. The fourth-order valence-corrected chi connectivity index (χ4v) is 1.95. The highest BCUT2D eigenvalue weighted by Crippen LogP contribution is 2.24. The van der Waals surface area contributed by atoms with Gasteiger partial charge in [-0.1, -0.05) is 0 Å². The van der Waals surface area contributed by atoms with E-state index in [0.29, 0.717) is 0 Å². The molecule has 0 aromatic rings. The Balaban J connectivity index is 2.53. The van der Waals surface area contributed by atoms with Crippen LogP contribution in [0.3, 0.4) is 0 Å². The molecule has 0 radical (unpaired) electrons. The Hall–Kier alpha value is -1.47. The lowest BCUT2D eigenvalue weighted by Gasteiger charge is -2.42. The summed E-state index contributed by atoms with van der Waals surface area (Å²) >= 11 is 0. The second-order valence-electron chi connectivity index (χ2n) is 4.99. The summed E-state index contributed by atoms with van der Waals surface area (Å²) in [6.45, 7) is 2.14. The average molecular weight is 282 g/mol. The lowest BCUT2D eigenvalue weighted by Crippen LogP contribution is -2.58. The summed E-state index contributed by atoms with van der Waals surface area (Å²) in [7, 11) is 0. The van der Waals surface area contributed by atoms with E-state index in [9.17, 15) is 22.8 Å². The van der Waals surface area contributed by atoms with Crippen LogP contribution in [-0.2, 0) is 4.79 Å². The summed E-state index contributed by atoms with van der Waals surface area (Å²) in [5.41, 5.74) is 0. The van der Waals surface area contributed by atoms with E-state index in [1.54, 1.807) is 0 Å². The van der Waals surface area contributed by atoms with E-state index in [2.05, 4.69) is 0 Å². The Bertz CT molecular complexity index is 352. The second-order valence-corrected chi connectivity index (χ2v) is 4.99. The number of carbonyl (C=O) groups is 2. The third-order valence-electron chi connectivity index (χ3n) is 2.91. The number of urea groups is 1. The van der Waals surface area contributed by atoms with Crippen LogP contribution in [-0.4, -0.2) is 58.8 Å². The van der Waals surface area contributed by atoms with Gasteiger partial charge in [0.25, 0.3) is 0 Å². The number of alkyl halides is 3. The molecule has 1 aliphatic rings. The maximum atomic E-state index is 12.4. The number of nitrogens with zero attached hydrogens (tertiary/aromatic N) is 2.